The molecule has 3 heterocycles. The lowest BCUT2D eigenvalue weighted by Crippen LogP contribution is -2.01. The largest absolute Gasteiger partial charge is 0.309 e. The molecule has 4 heteroatoms. The van der Waals surface area contributed by atoms with Crippen molar-refractivity contribution in [3.05, 3.63) is 170 Å². The zero-order valence-electron chi connectivity index (χ0n) is 27.0. The van der Waals surface area contributed by atoms with Crippen molar-refractivity contribution in [3.8, 4) is 22.8 Å². The van der Waals surface area contributed by atoms with E-state index in [-0.39, 0.29) is 0 Å². The number of aromatic nitrogens is 4. The van der Waals surface area contributed by atoms with Crippen molar-refractivity contribution in [1.82, 2.24) is 19.1 Å². The van der Waals surface area contributed by atoms with E-state index in [1.54, 1.807) is 0 Å². The van der Waals surface area contributed by atoms with Gasteiger partial charge in [-0.1, -0.05) is 127 Å². The van der Waals surface area contributed by atoms with E-state index >= 15 is 0 Å². The predicted molar refractivity (Wildman–Crippen MR) is 209 cm³/mol. The van der Waals surface area contributed by atoms with Gasteiger partial charge >= 0.3 is 0 Å². The summed E-state index contributed by atoms with van der Waals surface area (Å²) >= 11 is 0. The van der Waals surface area contributed by atoms with E-state index in [4.69, 9.17) is 9.97 Å². The first-order valence-electron chi connectivity index (χ1n) is 17.0. The summed E-state index contributed by atoms with van der Waals surface area (Å²) in [4.78, 5) is 10.5. The molecule has 0 bridgehead atoms. The Morgan fingerprint density at radius 2 is 0.820 bits per heavy atom. The molecule has 11 aromatic rings. The summed E-state index contributed by atoms with van der Waals surface area (Å²) in [5.74, 6) is 0.670. The molecule has 232 valence electrons. The molecular formula is C46H28N4. The second kappa shape index (κ2) is 10.4. The van der Waals surface area contributed by atoms with E-state index in [0.717, 1.165) is 33.0 Å². The molecule has 0 radical (unpaired) electrons. The van der Waals surface area contributed by atoms with Crippen molar-refractivity contribution in [2.45, 2.75) is 0 Å². The van der Waals surface area contributed by atoms with Crippen molar-refractivity contribution in [3.63, 3.8) is 0 Å². The van der Waals surface area contributed by atoms with Gasteiger partial charge in [0.05, 0.1) is 27.6 Å². The van der Waals surface area contributed by atoms with E-state index in [9.17, 15) is 0 Å². The Hall–Kier alpha value is -6.78. The number of nitrogens with zero attached hydrogens (tertiary/aromatic N) is 4. The Morgan fingerprint density at radius 1 is 0.340 bits per heavy atom. The highest BCUT2D eigenvalue weighted by Crippen LogP contribution is 2.42. The maximum Gasteiger partial charge on any atom is 0.235 e. The van der Waals surface area contributed by atoms with Crippen LogP contribution in [0, 0.1) is 0 Å². The summed E-state index contributed by atoms with van der Waals surface area (Å²) in [7, 11) is 0. The van der Waals surface area contributed by atoms with E-state index in [1.165, 1.54) is 59.9 Å². The molecule has 4 nitrogen and oxygen atoms in total. The highest BCUT2D eigenvalue weighted by atomic mass is 15.2. The third-order valence-corrected chi connectivity index (χ3v) is 10.4. The maximum atomic E-state index is 5.37. The Labute approximate surface area is 287 Å². The van der Waals surface area contributed by atoms with Crippen molar-refractivity contribution in [1.29, 1.82) is 0 Å². The van der Waals surface area contributed by atoms with Crippen LogP contribution in [-0.2, 0) is 0 Å². The maximum absolute atomic E-state index is 5.37. The zero-order valence-corrected chi connectivity index (χ0v) is 27.0. The van der Waals surface area contributed by atoms with Crippen LogP contribution in [0.3, 0.4) is 0 Å². The average molecular weight is 637 g/mol. The van der Waals surface area contributed by atoms with Crippen molar-refractivity contribution < 1.29 is 0 Å². The fourth-order valence-electron chi connectivity index (χ4n) is 8.21. The van der Waals surface area contributed by atoms with Crippen LogP contribution in [0.5, 0.6) is 0 Å². The molecule has 3 aromatic heterocycles. The van der Waals surface area contributed by atoms with Gasteiger partial charge in [-0.05, 0) is 63.7 Å². The van der Waals surface area contributed by atoms with E-state index in [1.807, 2.05) is 6.20 Å². The highest BCUT2D eigenvalue weighted by Gasteiger charge is 2.22. The quantitative estimate of drug-likeness (QED) is 0.181. The Balaban J connectivity index is 1.20. The molecule has 50 heavy (non-hydrogen) atoms. The molecule has 11 rings (SSSR count). The van der Waals surface area contributed by atoms with E-state index in [2.05, 4.69) is 173 Å². The van der Waals surface area contributed by atoms with Gasteiger partial charge in [0.2, 0.25) is 5.95 Å². The first-order valence-corrected chi connectivity index (χ1v) is 17.0. The SMILES string of the molecule is c1ccc(-c2ccc(-n3c4ccccc4c4c5c6ccccc6n(-c6ncc7c8ccccc8c8ccccc8c7n6)c5ccc43)cc2)cc1. The molecule has 0 unspecified atom stereocenters. The molecule has 0 aliphatic carbocycles. The van der Waals surface area contributed by atoms with Gasteiger partial charge < -0.3 is 4.57 Å². The van der Waals surface area contributed by atoms with Crippen LogP contribution in [0.15, 0.2) is 170 Å². The lowest BCUT2D eigenvalue weighted by Gasteiger charge is -2.12. The molecule has 0 spiro atoms. The van der Waals surface area contributed by atoms with Gasteiger partial charge in [0.15, 0.2) is 0 Å². The fraction of sp³-hybridized carbons (Fsp3) is 0. The smallest absolute Gasteiger partial charge is 0.235 e. The third-order valence-electron chi connectivity index (χ3n) is 10.4. The molecule has 0 N–H and O–H groups in total. The van der Waals surface area contributed by atoms with E-state index < -0.39 is 0 Å². The van der Waals surface area contributed by atoms with Gasteiger partial charge in [-0.15, -0.1) is 0 Å². The summed E-state index contributed by atoms with van der Waals surface area (Å²) < 4.78 is 4.64. The second-order valence-electron chi connectivity index (χ2n) is 13.0. The lowest BCUT2D eigenvalue weighted by atomic mass is 9.98. The molecule has 0 fully saturated rings. The second-order valence-corrected chi connectivity index (χ2v) is 13.0. The zero-order chi connectivity index (χ0) is 32.8. The van der Waals surface area contributed by atoms with Crippen LogP contribution in [0.1, 0.15) is 0 Å². The van der Waals surface area contributed by atoms with Gasteiger partial charge in [0, 0.05) is 44.2 Å². The molecule has 0 saturated heterocycles. The predicted octanol–water partition coefficient (Wildman–Crippen LogP) is 11.8. The van der Waals surface area contributed by atoms with Gasteiger partial charge in [-0.2, -0.15) is 0 Å². The summed E-state index contributed by atoms with van der Waals surface area (Å²) in [5.41, 5.74) is 9.05. The lowest BCUT2D eigenvalue weighted by molar-refractivity contribution is 1.01. The number of hydrogen-bond donors (Lipinski definition) is 0. The monoisotopic (exact) mass is 636 g/mol. The Kier molecular flexibility index (Phi) is 5.63. The van der Waals surface area contributed by atoms with Crippen LogP contribution in [0.4, 0.5) is 0 Å². The summed E-state index contributed by atoms with van der Waals surface area (Å²) in [6.45, 7) is 0. The normalized spacial score (nSPS) is 12.0. The van der Waals surface area contributed by atoms with Crippen molar-refractivity contribution in [2.24, 2.45) is 0 Å². The molecule has 8 aromatic carbocycles. The number of fused-ring (bicyclic) bond motifs is 13. The Bertz CT molecular complexity index is 3100. The Morgan fingerprint density at radius 3 is 1.48 bits per heavy atom. The highest BCUT2D eigenvalue weighted by molar-refractivity contribution is 6.29. The van der Waals surface area contributed by atoms with Crippen LogP contribution in [0.2, 0.25) is 0 Å². The van der Waals surface area contributed by atoms with E-state index in [0.29, 0.717) is 5.95 Å². The third kappa shape index (κ3) is 3.76. The number of para-hydroxylation sites is 2. The molecule has 0 saturated carbocycles. The van der Waals surface area contributed by atoms with Crippen LogP contribution in [0.25, 0.3) is 98.8 Å². The number of rotatable bonds is 3. The first-order chi connectivity index (χ1) is 24.8. The molecule has 0 aliphatic rings. The van der Waals surface area contributed by atoms with Gasteiger partial charge in [-0.25, -0.2) is 9.97 Å². The molecular weight excluding hydrogens is 609 g/mol. The minimum Gasteiger partial charge on any atom is -0.309 e. The standard InChI is InChI=1S/C46H28N4/c1-2-12-29(13-3-1)30-22-24-31(25-23-30)49-39-20-10-8-18-36(39)43-41(49)26-27-42-44(43)37-19-9-11-21-40(37)50(42)46-47-28-38-34-16-5-4-14-32(34)33-15-6-7-17-35(33)45(38)48-46/h1-28H. The van der Waals surface area contributed by atoms with Gasteiger partial charge in [0.25, 0.3) is 0 Å². The summed E-state index contributed by atoms with van der Waals surface area (Å²) in [5, 5.41) is 10.6. The minimum atomic E-state index is 0.670. The summed E-state index contributed by atoms with van der Waals surface area (Å²) in [6.07, 6.45) is 2.01. The molecule has 0 atom stereocenters. The number of hydrogen-bond acceptors (Lipinski definition) is 2. The van der Waals surface area contributed by atoms with Gasteiger partial charge in [-0.3, -0.25) is 4.57 Å². The molecule has 0 amide bonds. The van der Waals surface area contributed by atoms with Crippen molar-refractivity contribution >= 4 is 76.1 Å². The first kappa shape index (κ1) is 27.2. The number of benzene rings is 8. The topological polar surface area (TPSA) is 35.6 Å². The minimum absolute atomic E-state index is 0.670. The van der Waals surface area contributed by atoms with Crippen LogP contribution >= 0.6 is 0 Å². The summed E-state index contributed by atoms with van der Waals surface area (Å²) in [6, 6.07) is 58.5. The fourth-order valence-corrected chi connectivity index (χ4v) is 8.21. The van der Waals surface area contributed by atoms with Gasteiger partial charge in [0.1, 0.15) is 0 Å². The average Bonchev–Trinajstić information content (AvgIpc) is 3.71. The van der Waals surface area contributed by atoms with Crippen LogP contribution < -0.4 is 0 Å². The van der Waals surface area contributed by atoms with Crippen LogP contribution in [-0.4, -0.2) is 19.1 Å². The van der Waals surface area contributed by atoms with Crippen molar-refractivity contribution in [2.75, 3.05) is 0 Å². The molecule has 0 aliphatic heterocycles.